The Labute approximate surface area is 161 Å². The van der Waals surface area contributed by atoms with Crippen LogP contribution in [0.2, 0.25) is 0 Å². The number of Topliss-reactive ketones (excluding diaryl/α,β-unsaturated/α-hetero) is 1. The van der Waals surface area contributed by atoms with E-state index in [1.165, 1.54) is 19.2 Å². The molecule has 0 saturated heterocycles. The largest absolute Gasteiger partial charge is 0.443 e. The minimum absolute atomic E-state index is 0.106. The number of nitrogens with zero attached hydrogens (tertiary/aromatic N) is 1. The summed E-state index contributed by atoms with van der Waals surface area (Å²) in [6.45, 7) is 8.63. The van der Waals surface area contributed by atoms with Gasteiger partial charge in [0, 0.05) is 28.4 Å². The maximum absolute atomic E-state index is 14.6. The van der Waals surface area contributed by atoms with Crippen LogP contribution >= 0.6 is 27.5 Å². The smallest absolute Gasteiger partial charge is 0.414 e. The number of ether oxygens (including phenoxy) is 1. The molecule has 1 amide bonds. The number of hydrogen-bond acceptors (Lipinski definition) is 3. The van der Waals surface area contributed by atoms with Crippen molar-refractivity contribution < 1.29 is 18.7 Å². The lowest BCUT2D eigenvalue weighted by atomic mass is 9.81. The van der Waals surface area contributed by atoms with E-state index in [9.17, 15) is 14.0 Å². The Balaban J connectivity index is 3.41. The van der Waals surface area contributed by atoms with Crippen LogP contribution in [0.1, 0.15) is 51.4 Å². The molecule has 0 fully saturated rings. The summed E-state index contributed by atoms with van der Waals surface area (Å²) in [4.78, 5) is 26.3. The molecule has 1 aromatic carbocycles. The molecule has 0 N–H and O–H groups in total. The first-order valence-electron chi connectivity index (χ1n) is 7.86. The van der Waals surface area contributed by atoms with Gasteiger partial charge in [-0.15, -0.1) is 11.6 Å². The van der Waals surface area contributed by atoms with Gasteiger partial charge in [-0.25, -0.2) is 9.18 Å². The third kappa shape index (κ3) is 5.68. The Morgan fingerprint density at radius 1 is 1.24 bits per heavy atom. The Morgan fingerprint density at radius 2 is 1.80 bits per heavy atom. The Kier molecular flexibility index (Phi) is 7.04. The van der Waals surface area contributed by atoms with E-state index < -0.39 is 22.9 Å². The molecule has 1 aromatic rings. The van der Waals surface area contributed by atoms with E-state index in [1.807, 2.05) is 0 Å². The molecule has 0 unspecified atom stereocenters. The van der Waals surface area contributed by atoms with Crippen LogP contribution in [0.4, 0.5) is 14.9 Å². The molecule has 0 heterocycles. The quantitative estimate of drug-likeness (QED) is 0.433. The van der Waals surface area contributed by atoms with Crippen molar-refractivity contribution in [3.63, 3.8) is 0 Å². The Morgan fingerprint density at radius 3 is 2.28 bits per heavy atom. The van der Waals surface area contributed by atoms with E-state index in [0.29, 0.717) is 16.8 Å². The van der Waals surface area contributed by atoms with E-state index in [1.54, 1.807) is 34.6 Å². The van der Waals surface area contributed by atoms with Crippen LogP contribution in [0.15, 0.2) is 16.6 Å². The molecule has 7 heteroatoms. The van der Waals surface area contributed by atoms with Gasteiger partial charge in [-0.1, -0.05) is 29.8 Å². The van der Waals surface area contributed by atoms with Gasteiger partial charge < -0.3 is 4.74 Å². The summed E-state index contributed by atoms with van der Waals surface area (Å²) < 4.78 is 20.3. The number of benzene rings is 1. The molecule has 25 heavy (non-hydrogen) atoms. The first-order valence-corrected chi connectivity index (χ1v) is 9.19. The van der Waals surface area contributed by atoms with E-state index in [-0.39, 0.29) is 17.0 Å². The summed E-state index contributed by atoms with van der Waals surface area (Å²) in [5.74, 6) is -0.682. The maximum Gasteiger partial charge on any atom is 0.414 e. The van der Waals surface area contributed by atoms with Gasteiger partial charge in [0.2, 0.25) is 0 Å². The number of anilines is 1. The van der Waals surface area contributed by atoms with Crippen molar-refractivity contribution in [2.45, 2.75) is 46.6 Å². The first-order chi connectivity index (χ1) is 11.3. The Bertz CT molecular complexity index is 671. The van der Waals surface area contributed by atoms with Crippen molar-refractivity contribution in [1.29, 1.82) is 0 Å². The molecule has 0 saturated carbocycles. The van der Waals surface area contributed by atoms with E-state index >= 15 is 0 Å². The lowest BCUT2D eigenvalue weighted by Crippen LogP contribution is -2.36. The number of ketones is 1. The lowest BCUT2D eigenvalue weighted by molar-refractivity contribution is 0.0588. The topological polar surface area (TPSA) is 46.6 Å². The fourth-order valence-corrected chi connectivity index (χ4v) is 3.12. The van der Waals surface area contributed by atoms with E-state index in [4.69, 9.17) is 16.3 Å². The monoisotopic (exact) mass is 435 g/mol. The SMILES string of the molecule is CN(C(=O)OC(C)(C)C)c1c(F)cc(Br)cc1C(=O)C(C)(C)CCCl. The van der Waals surface area contributed by atoms with Crippen LogP contribution in [-0.2, 0) is 4.74 Å². The number of alkyl halides is 1. The normalized spacial score (nSPS) is 12.0. The van der Waals surface area contributed by atoms with Gasteiger partial charge in [0.05, 0.1) is 5.69 Å². The van der Waals surface area contributed by atoms with Crippen LogP contribution in [-0.4, -0.2) is 30.4 Å². The van der Waals surface area contributed by atoms with Gasteiger partial charge >= 0.3 is 6.09 Å². The third-order valence-electron chi connectivity index (χ3n) is 3.61. The highest BCUT2D eigenvalue weighted by Crippen LogP contribution is 2.35. The van der Waals surface area contributed by atoms with Crippen LogP contribution in [0.25, 0.3) is 0 Å². The fraction of sp³-hybridized carbons (Fsp3) is 0.556. The highest BCUT2D eigenvalue weighted by Gasteiger charge is 2.33. The molecule has 1 rings (SSSR count). The molecule has 0 bridgehead atoms. The summed E-state index contributed by atoms with van der Waals surface area (Å²) in [6, 6.07) is 2.72. The van der Waals surface area contributed by atoms with Crippen molar-refractivity contribution in [2.75, 3.05) is 17.8 Å². The first kappa shape index (κ1) is 21.9. The molecule has 0 aliphatic heterocycles. The fourth-order valence-electron chi connectivity index (χ4n) is 2.22. The minimum Gasteiger partial charge on any atom is -0.443 e. The number of carbonyl (C=O) groups excluding carboxylic acids is 2. The molecule has 0 radical (unpaired) electrons. The minimum atomic E-state index is -0.793. The molecule has 0 atom stereocenters. The Hall–Kier alpha value is -1.14. The average Bonchev–Trinajstić information content (AvgIpc) is 2.43. The summed E-state index contributed by atoms with van der Waals surface area (Å²) in [5.41, 5.74) is -1.53. The lowest BCUT2D eigenvalue weighted by Gasteiger charge is -2.28. The molecule has 0 aliphatic carbocycles. The summed E-state index contributed by atoms with van der Waals surface area (Å²) in [5, 5.41) is 0. The summed E-state index contributed by atoms with van der Waals surface area (Å²) in [7, 11) is 1.38. The van der Waals surface area contributed by atoms with Crippen LogP contribution in [0.5, 0.6) is 0 Å². The zero-order valence-electron chi connectivity index (χ0n) is 15.4. The highest BCUT2D eigenvalue weighted by molar-refractivity contribution is 9.10. The second-order valence-electron chi connectivity index (χ2n) is 7.48. The van der Waals surface area contributed by atoms with Crippen molar-refractivity contribution in [1.82, 2.24) is 0 Å². The van der Waals surface area contributed by atoms with Crippen LogP contribution in [0.3, 0.4) is 0 Å². The standard InChI is InChI=1S/C18H24BrClFNO3/c1-17(2,3)25-16(24)22(6)14-12(9-11(19)10-13(14)21)15(23)18(4,5)7-8-20/h9-10H,7-8H2,1-6H3. The summed E-state index contributed by atoms with van der Waals surface area (Å²) >= 11 is 8.99. The number of halogens is 3. The van der Waals surface area contributed by atoms with Crippen molar-refractivity contribution in [2.24, 2.45) is 5.41 Å². The molecular weight excluding hydrogens is 413 g/mol. The average molecular weight is 437 g/mol. The van der Waals surface area contributed by atoms with Gasteiger partial charge in [-0.3, -0.25) is 9.69 Å². The van der Waals surface area contributed by atoms with Gasteiger partial charge in [0.15, 0.2) is 5.78 Å². The number of hydrogen-bond donors (Lipinski definition) is 0. The predicted molar refractivity (Wildman–Crippen MR) is 102 cm³/mol. The van der Waals surface area contributed by atoms with Crippen LogP contribution < -0.4 is 4.90 Å². The van der Waals surface area contributed by atoms with Crippen LogP contribution in [0, 0.1) is 11.2 Å². The zero-order valence-corrected chi connectivity index (χ0v) is 17.7. The second kappa shape index (κ2) is 8.04. The van der Waals surface area contributed by atoms with Crippen molar-refractivity contribution in [3.8, 4) is 0 Å². The van der Waals surface area contributed by atoms with Gasteiger partial charge in [-0.05, 0) is 39.3 Å². The molecule has 0 aromatic heterocycles. The van der Waals surface area contributed by atoms with Gasteiger partial charge in [0.1, 0.15) is 11.4 Å². The van der Waals surface area contributed by atoms with Crippen molar-refractivity contribution >= 4 is 45.1 Å². The highest BCUT2D eigenvalue weighted by atomic mass is 79.9. The molecule has 140 valence electrons. The van der Waals surface area contributed by atoms with Gasteiger partial charge in [0.25, 0.3) is 0 Å². The van der Waals surface area contributed by atoms with Crippen molar-refractivity contribution in [3.05, 3.63) is 28.0 Å². The summed E-state index contributed by atoms with van der Waals surface area (Å²) in [6.07, 6.45) is -0.310. The molecule has 0 spiro atoms. The second-order valence-corrected chi connectivity index (χ2v) is 8.77. The number of carbonyl (C=O) groups is 2. The third-order valence-corrected chi connectivity index (χ3v) is 4.26. The van der Waals surface area contributed by atoms with E-state index in [2.05, 4.69) is 15.9 Å². The van der Waals surface area contributed by atoms with E-state index in [0.717, 1.165) is 4.90 Å². The van der Waals surface area contributed by atoms with Gasteiger partial charge in [-0.2, -0.15) is 0 Å². The number of rotatable bonds is 5. The predicted octanol–water partition coefficient (Wildman–Crippen LogP) is 5.80. The molecule has 4 nitrogen and oxygen atoms in total. The maximum atomic E-state index is 14.6. The number of amides is 1. The zero-order chi connectivity index (χ0) is 19.6. The molecular formula is C18H24BrClFNO3. The molecule has 0 aliphatic rings.